The van der Waals surface area contributed by atoms with Crippen LogP contribution in [0.15, 0.2) is 18.3 Å². The number of rotatable bonds is 1. The van der Waals surface area contributed by atoms with Crippen LogP contribution in [0.3, 0.4) is 0 Å². The van der Waals surface area contributed by atoms with Crippen molar-refractivity contribution < 1.29 is 4.39 Å². The second-order valence-electron chi connectivity index (χ2n) is 2.91. The predicted octanol–water partition coefficient (Wildman–Crippen LogP) is 3.34. The highest BCUT2D eigenvalue weighted by atomic mass is 127. The van der Waals surface area contributed by atoms with Gasteiger partial charge in [-0.2, -0.15) is 5.10 Å². The van der Waals surface area contributed by atoms with E-state index in [2.05, 4.69) is 39.0 Å². The second-order valence-corrected chi connectivity index (χ2v) is 4.95. The van der Waals surface area contributed by atoms with E-state index in [1.165, 1.54) is 6.07 Å². The van der Waals surface area contributed by atoms with Crippen molar-refractivity contribution >= 4 is 39.3 Å². The number of hydrogen-bond donors (Lipinski definition) is 0. The van der Waals surface area contributed by atoms with Crippen molar-refractivity contribution in [1.82, 2.24) is 9.55 Å². The Morgan fingerprint density at radius 3 is 3.00 bits per heavy atom. The quantitative estimate of drug-likeness (QED) is 0.445. The normalized spacial score (nSPS) is 10.9. The third-order valence-electron chi connectivity index (χ3n) is 1.97. The fraction of sp³-hybridized carbons (Fsp3) is 0.100. The van der Waals surface area contributed by atoms with E-state index in [0.717, 1.165) is 5.39 Å². The van der Waals surface area contributed by atoms with E-state index in [-0.39, 0.29) is 5.82 Å². The molecule has 1 aromatic heterocycles. The van der Waals surface area contributed by atoms with Crippen molar-refractivity contribution in [2.75, 3.05) is 0 Å². The lowest BCUT2D eigenvalue weighted by molar-refractivity contribution is 0.634. The van der Waals surface area contributed by atoms with Gasteiger partial charge in [0.05, 0.1) is 12.6 Å². The zero-order valence-electron chi connectivity index (χ0n) is 7.88. The lowest BCUT2D eigenvalue weighted by atomic mass is 10.1. The van der Waals surface area contributed by atoms with Crippen LogP contribution >= 0.6 is 28.4 Å². The molecule has 2 nitrogen and oxygen atoms in total. The summed E-state index contributed by atoms with van der Waals surface area (Å²) in [6, 6.07) is 3.31. The Bertz CT molecular complexity index is 568. The molecule has 76 valence electrons. The summed E-state index contributed by atoms with van der Waals surface area (Å²) < 4.78 is 15.4. The molecule has 0 aliphatic rings. The summed E-state index contributed by atoms with van der Waals surface area (Å²) in [5, 5.41) is 4.91. The van der Waals surface area contributed by atoms with Crippen molar-refractivity contribution in [3.63, 3.8) is 0 Å². The Morgan fingerprint density at radius 1 is 1.53 bits per heavy atom. The van der Waals surface area contributed by atoms with Gasteiger partial charge in [0.25, 0.3) is 0 Å². The Labute approximate surface area is 102 Å². The van der Waals surface area contributed by atoms with Gasteiger partial charge in [0, 0.05) is 10.9 Å². The van der Waals surface area contributed by atoms with Crippen LogP contribution in [-0.2, 0) is 0 Å². The Morgan fingerprint density at radius 2 is 2.33 bits per heavy atom. The highest BCUT2D eigenvalue weighted by molar-refractivity contribution is 14.2. The summed E-state index contributed by atoms with van der Waals surface area (Å²) in [5.74, 6) is 5.34. The molecule has 0 radical (unpaired) electrons. The maximum atomic E-state index is 13.7. The van der Waals surface area contributed by atoms with E-state index >= 15 is 0 Å². The molecule has 2 rings (SSSR count). The monoisotopic (exact) mass is 332 g/mol. The number of benzene rings is 1. The van der Waals surface area contributed by atoms with E-state index in [4.69, 9.17) is 0 Å². The second kappa shape index (κ2) is 4.46. The summed E-state index contributed by atoms with van der Waals surface area (Å²) >= 11 is 2.17. The zero-order valence-corrected chi connectivity index (χ0v) is 11.0. The third kappa shape index (κ3) is 1.99. The van der Waals surface area contributed by atoms with Gasteiger partial charge < -0.3 is 0 Å². The van der Waals surface area contributed by atoms with E-state index in [0.29, 0.717) is 17.5 Å². The van der Waals surface area contributed by atoms with E-state index in [9.17, 15) is 4.39 Å². The van der Waals surface area contributed by atoms with Crippen LogP contribution in [0.5, 0.6) is 0 Å². The first-order chi connectivity index (χ1) is 7.26. The fourth-order valence-electron chi connectivity index (χ4n) is 1.40. The van der Waals surface area contributed by atoms with Crippen LogP contribution in [0.25, 0.3) is 10.9 Å². The molecule has 0 fully saturated rings. The van der Waals surface area contributed by atoms with Crippen LogP contribution in [0.2, 0.25) is 0 Å². The van der Waals surface area contributed by atoms with Crippen molar-refractivity contribution in [3.05, 3.63) is 29.7 Å². The molecule has 2 aromatic rings. The maximum absolute atomic E-state index is 13.7. The first kappa shape index (κ1) is 10.8. The smallest absolute Gasteiger partial charge is 0.150 e. The fourth-order valence-corrected chi connectivity index (χ4v) is 2.92. The number of hydrogen-bond acceptors (Lipinski definition) is 1. The Hall–Kier alpha value is -0.660. The third-order valence-corrected chi connectivity index (χ3v) is 3.84. The largest absolute Gasteiger partial charge is 0.234 e. The molecular weight excluding hydrogens is 325 g/mol. The molecule has 0 bridgehead atoms. The lowest BCUT2D eigenvalue weighted by Gasteiger charge is -1.99. The average Bonchev–Trinajstić information content (AvgIpc) is 2.61. The number of nitrogens with zero attached hydrogens (tertiary/aromatic N) is 2. The molecule has 0 N–H and O–H groups in total. The molecule has 1 atom stereocenters. The van der Waals surface area contributed by atoms with Gasteiger partial charge in [-0.1, -0.05) is 5.92 Å². The highest BCUT2D eigenvalue weighted by Gasteiger charge is 2.08. The molecule has 1 heterocycles. The molecular formula is C10H7FIN2P. The molecule has 0 spiro atoms. The summed E-state index contributed by atoms with van der Waals surface area (Å²) in [7, 11) is 0. The number of fused-ring (bicyclic) bond motifs is 1. The van der Waals surface area contributed by atoms with Crippen molar-refractivity contribution in [2.24, 2.45) is 0 Å². The minimum Gasteiger partial charge on any atom is -0.234 e. The first-order valence-electron chi connectivity index (χ1n) is 4.23. The minimum atomic E-state index is -0.257. The SMILES string of the molecule is CC#Cc1cc(F)c2c(cnn2PI)c1. The van der Waals surface area contributed by atoms with Gasteiger partial charge in [0.1, 0.15) is 5.52 Å². The number of aromatic nitrogens is 2. The molecule has 5 heteroatoms. The summed E-state index contributed by atoms with van der Waals surface area (Å²) in [6.45, 7) is 1.73. The highest BCUT2D eigenvalue weighted by Crippen LogP contribution is 2.30. The average molecular weight is 332 g/mol. The topological polar surface area (TPSA) is 17.8 Å². The van der Waals surface area contributed by atoms with Crippen LogP contribution in [0, 0.1) is 17.7 Å². The van der Waals surface area contributed by atoms with Gasteiger partial charge in [0.2, 0.25) is 0 Å². The zero-order chi connectivity index (χ0) is 10.8. The summed E-state index contributed by atoms with van der Waals surface area (Å²) in [5.41, 5.74) is 1.25. The van der Waals surface area contributed by atoms with Gasteiger partial charge in [-0.25, -0.2) is 8.84 Å². The molecule has 0 saturated carbocycles. The van der Waals surface area contributed by atoms with Crippen LogP contribution in [-0.4, -0.2) is 9.55 Å². The molecule has 0 aliphatic carbocycles. The van der Waals surface area contributed by atoms with Crippen LogP contribution < -0.4 is 0 Å². The molecule has 15 heavy (non-hydrogen) atoms. The Balaban J connectivity index is 2.72. The molecule has 0 aliphatic heterocycles. The van der Waals surface area contributed by atoms with Gasteiger partial charge in [-0.15, -0.1) is 5.92 Å². The first-order valence-corrected chi connectivity index (χ1v) is 8.29. The van der Waals surface area contributed by atoms with Gasteiger partial charge in [-0.05, 0) is 41.1 Å². The van der Waals surface area contributed by atoms with Gasteiger partial charge in [-0.3, -0.25) is 0 Å². The standard InChI is InChI=1S/C10H7FIN2P/c1-2-3-7-4-8-6-13-14(15-12)10(8)9(11)5-7/h4-6,15H,1H3. The van der Waals surface area contributed by atoms with Crippen molar-refractivity contribution in [3.8, 4) is 11.8 Å². The molecule has 0 amide bonds. The van der Waals surface area contributed by atoms with E-state index in [1.807, 2.05) is 6.07 Å². The lowest BCUT2D eigenvalue weighted by Crippen LogP contribution is -1.87. The number of halogens is 2. The summed E-state index contributed by atoms with van der Waals surface area (Å²) in [6.07, 6.45) is 2.07. The predicted molar refractivity (Wildman–Crippen MR) is 70.0 cm³/mol. The minimum absolute atomic E-state index is 0.257. The van der Waals surface area contributed by atoms with Crippen LogP contribution in [0.4, 0.5) is 4.39 Å². The van der Waals surface area contributed by atoms with E-state index in [1.54, 1.807) is 17.6 Å². The van der Waals surface area contributed by atoms with Gasteiger partial charge >= 0.3 is 0 Å². The van der Waals surface area contributed by atoms with Gasteiger partial charge in [0.15, 0.2) is 5.82 Å². The molecule has 1 aromatic carbocycles. The molecule has 1 unspecified atom stereocenters. The summed E-state index contributed by atoms with van der Waals surface area (Å²) in [4.78, 5) is 0. The van der Waals surface area contributed by atoms with Crippen LogP contribution in [0.1, 0.15) is 12.5 Å². The molecule has 0 saturated heterocycles. The Kier molecular flexibility index (Phi) is 3.22. The van der Waals surface area contributed by atoms with Crippen molar-refractivity contribution in [2.45, 2.75) is 6.92 Å². The maximum Gasteiger partial charge on any atom is 0.150 e. The van der Waals surface area contributed by atoms with E-state index < -0.39 is 0 Å². The van der Waals surface area contributed by atoms with Crippen molar-refractivity contribution in [1.29, 1.82) is 0 Å².